The van der Waals surface area contributed by atoms with Crippen molar-refractivity contribution < 1.29 is 14.3 Å². The molecule has 1 saturated heterocycles. The summed E-state index contributed by atoms with van der Waals surface area (Å²) >= 11 is 5.42. The van der Waals surface area contributed by atoms with Gasteiger partial charge >= 0.3 is 5.97 Å². The highest BCUT2D eigenvalue weighted by molar-refractivity contribution is 7.80. The number of piperazine rings is 1. The van der Waals surface area contributed by atoms with Gasteiger partial charge < -0.3 is 20.3 Å². The fraction of sp³-hybridized carbons (Fsp3) is 0.438. The maximum Gasteiger partial charge on any atom is 0.308 e. The van der Waals surface area contributed by atoms with Crippen LogP contribution in [0.5, 0.6) is 0 Å². The first-order valence-corrected chi connectivity index (χ1v) is 7.97. The first-order chi connectivity index (χ1) is 11.0. The van der Waals surface area contributed by atoms with E-state index in [4.69, 9.17) is 12.2 Å². The number of benzene rings is 1. The lowest BCUT2D eigenvalue weighted by Gasteiger charge is -2.36. The highest BCUT2D eigenvalue weighted by Gasteiger charge is 2.33. The van der Waals surface area contributed by atoms with Crippen LogP contribution in [0, 0.1) is 0 Å². The van der Waals surface area contributed by atoms with E-state index < -0.39 is 12.0 Å². The molecule has 1 fully saturated rings. The van der Waals surface area contributed by atoms with Gasteiger partial charge in [-0.05, 0) is 36.3 Å². The van der Waals surface area contributed by atoms with Crippen LogP contribution in [0.15, 0.2) is 24.3 Å². The third kappa shape index (κ3) is 4.41. The first kappa shape index (κ1) is 17.2. The summed E-state index contributed by atoms with van der Waals surface area (Å²) in [6.45, 7) is 3.14. The summed E-state index contributed by atoms with van der Waals surface area (Å²) in [6, 6.07) is 7.31. The fourth-order valence-electron chi connectivity index (χ4n) is 2.42. The number of ether oxygens (including phenoxy) is 1. The average molecular weight is 335 g/mol. The number of hydrogen-bond acceptors (Lipinski definition) is 4. The summed E-state index contributed by atoms with van der Waals surface area (Å²) in [5, 5.41) is 6.31. The standard InChI is InChI=1S/C16H21N3O3S/c1-3-11-4-6-12(7-5-11)18-16(23)19-9-8-17-15(21)13(19)10-14(20)22-2/h4-7,13H,3,8-10H2,1-2H3,(H,17,21)(H,18,23)/t13-/m1/s1. The molecule has 1 atom stereocenters. The Hall–Kier alpha value is -2.15. The minimum absolute atomic E-state index is 0.0288. The van der Waals surface area contributed by atoms with Crippen molar-refractivity contribution in [1.29, 1.82) is 0 Å². The molecule has 23 heavy (non-hydrogen) atoms. The van der Waals surface area contributed by atoms with E-state index in [9.17, 15) is 9.59 Å². The van der Waals surface area contributed by atoms with Crippen LogP contribution in [0.25, 0.3) is 0 Å². The summed E-state index contributed by atoms with van der Waals surface area (Å²) in [4.78, 5) is 25.3. The molecule has 0 saturated carbocycles. The molecule has 0 radical (unpaired) electrons. The number of anilines is 1. The second-order valence-corrected chi connectivity index (χ2v) is 5.65. The predicted octanol–water partition coefficient (Wildman–Crippen LogP) is 1.31. The van der Waals surface area contributed by atoms with Crippen LogP contribution < -0.4 is 10.6 Å². The van der Waals surface area contributed by atoms with Crippen molar-refractivity contribution in [3.63, 3.8) is 0 Å². The summed E-state index contributed by atoms with van der Waals surface area (Å²) in [5.41, 5.74) is 2.09. The van der Waals surface area contributed by atoms with Crippen molar-refractivity contribution in [2.45, 2.75) is 25.8 Å². The normalized spacial score (nSPS) is 17.4. The molecular formula is C16H21N3O3S. The Morgan fingerprint density at radius 2 is 2.13 bits per heavy atom. The van der Waals surface area contributed by atoms with E-state index in [0.29, 0.717) is 18.2 Å². The van der Waals surface area contributed by atoms with Gasteiger partial charge in [-0.25, -0.2) is 0 Å². The number of amides is 1. The van der Waals surface area contributed by atoms with Crippen LogP contribution in [-0.2, 0) is 20.7 Å². The van der Waals surface area contributed by atoms with Gasteiger partial charge in [0.05, 0.1) is 13.5 Å². The van der Waals surface area contributed by atoms with E-state index in [2.05, 4.69) is 22.3 Å². The Bertz CT molecular complexity index is 589. The largest absolute Gasteiger partial charge is 0.469 e. The van der Waals surface area contributed by atoms with Gasteiger partial charge in [-0.15, -0.1) is 0 Å². The van der Waals surface area contributed by atoms with Gasteiger partial charge in [0.15, 0.2) is 5.11 Å². The van der Waals surface area contributed by atoms with Crippen molar-refractivity contribution in [1.82, 2.24) is 10.2 Å². The molecular weight excluding hydrogens is 314 g/mol. The molecule has 0 spiro atoms. The van der Waals surface area contributed by atoms with Gasteiger partial charge in [0.1, 0.15) is 6.04 Å². The Labute approximate surface area is 141 Å². The number of carbonyl (C=O) groups excluding carboxylic acids is 2. The summed E-state index contributed by atoms with van der Waals surface area (Å²) in [7, 11) is 1.30. The van der Waals surface area contributed by atoms with Crippen molar-refractivity contribution in [3.05, 3.63) is 29.8 Å². The summed E-state index contributed by atoms with van der Waals surface area (Å²) in [5.74, 6) is -0.653. The zero-order valence-corrected chi connectivity index (χ0v) is 14.1. The Morgan fingerprint density at radius 1 is 1.43 bits per heavy atom. The molecule has 124 valence electrons. The van der Waals surface area contributed by atoms with Crippen molar-refractivity contribution in [3.8, 4) is 0 Å². The molecule has 1 aliphatic heterocycles. The van der Waals surface area contributed by atoms with Gasteiger partial charge in [0.2, 0.25) is 5.91 Å². The highest BCUT2D eigenvalue weighted by Crippen LogP contribution is 2.15. The van der Waals surface area contributed by atoms with Gasteiger partial charge in [0.25, 0.3) is 0 Å². The molecule has 2 N–H and O–H groups in total. The van der Waals surface area contributed by atoms with Gasteiger partial charge in [-0.2, -0.15) is 0 Å². The van der Waals surface area contributed by atoms with Gasteiger partial charge in [-0.1, -0.05) is 19.1 Å². The number of hydrogen-bond donors (Lipinski definition) is 2. The Balaban J connectivity index is 2.07. The minimum Gasteiger partial charge on any atom is -0.469 e. The molecule has 1 aromatic rings. The number of nitrogens with one attached hydrogen (secondary N) is 2. The maximum atomic E-state index is 12.0. The number of methoxy groups -OCH3 is 1. The molecule has 1 aromatic carbocycles. The fourth-order valence-corrected chi connectivity index (χ4v) is 2.76. The molecule has 0 aromatic heterocycles. The number of esters is 1. The van der Waals surface area contributed by atoms with Crippen LogP contribution >= 0.6 is 12.2 Å². The van der Waals surface area contributed by atoms with Crippen molar-refractivity contribution >= 4 is 34.9 Å². The Morgan fingerprint density at radius 3 is 2.74 bits per heavy atom. The van der Waals surface area contributed by atoms with Crippen LogP contribution in [0.4, 0.5) is 5.69 Å². The molecule has 7 heteroatoms. The van der Waals surface area contributed by atoms with Gasteiger partial charge in [-0.3, -0.25) is 9.59 Å². The number of thiocarbonyl (C=S) groups is 1. The highest BCUT2D eigenvalue weighted by atomic mass is 32.1. The molecule has 0 bridgehead atoms. The lowest BCUT2D eigenvalue weighted by atomic mass is 10.1. The van der Waals surface area contributed by atoms with Crippen LogP contribution in [0.3, 0.4) is 0 Å². The quantitative estimate of drug-likeness (QED) is 0.639. The molecule has 1 amide bonds. The summed E-state index contributed by atoms with van der Waals surface area (Å²) < 4.78 is 4.66. The third-order valence-electron chi connectivity index (χ3n) is 3.79. The monoisotopic (exact) mass is 335 g/mol. The van der Waals surface area contributed by atoms with Crippen LogP contribution in [0.1, 0.15) is 18.9 Å². The average Bonchev–Trinajstić information content (AvgIpc) is 2.57. The van der Waals surface area contributed by atoms with Crippen molar-refractivity contribution in [2.24, 2.45) is 0 Å². The molecule has 1 aliphatic rings. The van der Waals surface area contributed by atoms with Crippen LogP contribution in [0.2, 0.25) is 0 Å². The minimum atomic E-state index is -0.647. The van der Waals surface area contributed by atoms with Gasteiger partial charge in [0, 0.05) is 18.8 Å². The predicted molar refractivity (Wildman–Crippen MR) is 92.2 cm³/mol. The summed E-state index contributed by atoms with van der Waals surface area (Å²) in [6.07, 6.45) is 0.942. The van der Waals surface area contributed by atoms with E-state index in [1.807, 2.05) is 24.3 Å². The maximum absolute atomic E-state index is 12.0. The topological polar surface area (TPSA) is 70.7 Å². The van der Waals surface area contributed by atoms with E-state index in [1.165, 1.54) is 12.7 Å². The lowest BCUT2D eigenvalue weighted by molar-refractivity contribution is -0.144. The van der Waals surface area contributed by atoms with Crippen molar-refractivity contribution in [2.75, 3.05) is 25.5 Å². The number of carbonyl (C=O) groups is 2. The molecule has 1 heterocycles. The smallest absolute Gasteiger partial charge is 0.308 e. The van der Waals surface area contributed by atoms with E-state index in [1.54, 1.807) is 4.90 Å². The second kappa shape index (κ2) is 7.92. The number of rotatable bonds is 4. The number of nitrogens with zero attached hydrogens (tertiary/aromatic N) is 1. The van der Waals surface area contributed by atoms with E-state index in [-0.39, 0.29) is 12.3 Å². The van der Waals surface area contributed by atoms with E-state index in [0.717, 1.165) is 12.1 Å². The number of aryl methyl sites for hydroxylation is 1. The molecule has 6 nitrogen and oxygen atoms in total. The Kier molecular flexibility index (Phi) is 5.92. The zero-order chi connectivity index (χ0) is 16.8. The third-order valence-corrected chi connectivity index (χ3v) is 4.13. The lowest BCUT2D eigenvalue weighted by Crippen LogP contribution is -2.58. The van der Waals surface area contributed by atoms with Crippen LogP contribution in [-0.4, -0.2) is 48.1 Å². The molecule has 0 aliphatic carbocycles. The molecule has 2 rings (SSSR count). The second-order valence-electron chi connectivity index (χ2n) is 5.26. The zero-order valence-electron chi connectivity index (χ0n) is 13.3. The van der Waals surface area contributed by atoms with E-state index >= 15 is 0 Å². The molecule has 0 unspecified atom stereocenters. The first-order valence-electron chi connectivity index (χ1n) is 7.56. The SMILES string of the molecule is CCc1ccc(NC(=S)N2CCNC(=O)[C@H]2CC(=O)OC)cc1.